The molecule has 0 aliphatic carbocycles. The van der Waals surface area contributed by atoms with Crippen molar-refractivity contribution in [3.63, 3.8) is 0 Å². The number of likely N-dealkylation sites (tertiary alicyclic amines) is 1. The fraction of sp³-hybridized carbons (Fsp3) is 0.360. The van der Waals surface area contributed by atoms with E-state index < -0.39 is 11.7 Å². The van der Waals surface area contributed by atoms with Gasteiger partial charge < -0.3 is 14.8 Å². The van der Waals surface area contributed by atoms with Gasteiger partial charge in [-0.2, -0.15) is 0 Å². The van der Waals surface area contributed by atoms with Gasteiger partial charge in [-0.15, -0.1) is 10.2 Å². The Morgan fingerprint density at radius 2 is 1.88 bits per heavy atom. The summed E-state index contributed by atoms with van der Waals surface area (Å²) in [5.41, 5.74) is 1.47. The standard InChI is InChI=1S/C25H28FN5O2/c1-16(2)31-15-27-29-23(31)18-9-7-13-30(14-18)25(33)20-11-6-8-17(3)22(20)28-24(32)19-10-4-5-12-21(19)26/h4-6,8,10-12,15-16,18H,7,9,13-14H2,1-3H3,(H,28,32). The molecule has 2 amide bonds. The first-order valence-corrected chi connectivity index (χ1v) is 11.2. The quantitative estimate of drug-likeness (QED) is 0.618. The van der Waals surface area contributed by atoms with E-state index in [2.05, 4.69) is 29.4 Å². The Balaban J connectivity index is 1.58. The number of hydrogen-bond donors (Lipinski definition) is 1. The van der Waals surface area contributed by atoms with Crippen LogP contribution in [0.15, 0.2) is 48.8 Å². The van der Waals surface area contributed by atoms with Gasteiger partial charge in [0.25, 0.3) is 11.8 Å². The molecule has 1 fully saturated rings. The summed E-state index contributed by atoms with van der Waals surface area (Å²) in [6, 6.07) is 11.3. The number of carbonyl (C=O) groups is 2. The highest BCUT2D eigenvalue weighted by Gasteiger charge is 2.30. The van der Waals surface area contributed by atoms with Crippen LogP contribution in [0.3, 0.4) is 0 Å². The summed E-state index contributed by atoms with van der Waals surface area (Å²) >= 11 is 0. The Kier molecular flexibility index (Phi) is 6.53. The zero-order valence-electron chi connectivity index (χ0n) is 19.1. The minimum Gasteiger partial charge on any atom is -0.338 e. The van der Waals surface area contributed by atoms with E-state index in [9.17, 15) is 14.0 Å². The monoisotopic (exact) mass is 449 g/mol. The highest BCUT2D eigenvalue weighted by atomic mass is 19.1. The van der Waals surface area contributed by atoms with E-state index >= 15 is 0 Å². The average molecular weight is 450 g/mol. The van der Waals surface area contributed by atoms with E-state index in [0.29, 0.717) is 24.3 Å². The van der Waals surface area contributed by atoms with Gasteiger partial charge in [-0.1, -0.05) is 24.3 Å². The highest BCUT2D eigenvalue weighted by Crippen LogP contribution is 2.30. The van der Waals surface area contributed by atoms with Crippen molar-refractivity contribution in [1.82, 2.24) is 19.7 Å². The zero-order valence-corrected chi connectivity index (χ0v) is 19.1. The Labute approximate surface area is 192 Å². The molecule has 1 atom stereocenters. The summed E-state index contributed by atoms with van der Waals surface area (Å²) in [4.78, 5) is 28.1. The SMILES string of the molecule is Cc1cccc(C(=O)N2CCCC(c3nncn3C(C)C)C2)c1NC(=O)c1ccccc1F. The maximum absolute atomic E-state index is 14.1. The van der Waals surface area contributed by atoms with E-state index in [4.69, 9.17) is 0 Å². The van der Waals surface area contributed by atoms with E-state index in [0.717, 1.165) is 24.2 Å². The molecule has 1 aliphatic rings. The summed E-state index contributed by atoms with van der Waals surface area (Å²) < 4.78 is 16.2. The van der Waals surface area contributed by atoms with Crippen molar-refractivity contribution in [2.75, 3.05) is 18.4 Å². The van der Waals surface area contributed by atoms with Crippen molar-refractivity contribution < 1.29 is 14.0 Å². The lowest BCUT2D eigenvalue weighted by Crippen LogP contribution is -2.40. The molecule has 4 rings (SSSR count). The lowest BCUT2D eigenvalue weighted by atomic mass is 9.95. The number of nitrogens with one attached hydrogen (secondary N) is 1. The van der Waals surface area contributed by atoms with Crippen LogP contribution in [0.5, 0.6) is 0 Å². The summed E-state index contributed by atoms with van der Waals surface area (Å²) in [6.07, 6.45) is 3.52. The number of para-hydroxylation sites is 1. The van der Waals surface area contributed by atoms with Crippen LogP contribution >= 0.6 is 0 Å². The van der Waals surface area contributed by atoms with E-state index in [1.165, 1.54) is 18.2 Å². The van der Waals surface area contributed by atoms with Gasteiger partial charge in [0.1, 0.15) is 18.0 Å². The molecular formula is C25H28FN5O2. The molecule has 33 heavy (non-hydrogen) atoms. The van der Waals surface area contributed by atoms with Crippen LogP contribution in [0.4, 0.5) is 10.1 Å². The van der Waals surface area contributed by atoms with Crippen LogP contribution in [-0.4, -0.2) is 44.6 Å². The summed E-state index contributed by atoms with van der Waals surface area (Å²) in [7, 11) is 0. The Morgan fingerprint density at radius 3 is 2.64 bits per heavy atom. The normalized spacial score (nSPS) is 16.2. The van der Waals surface area contributed by atoms with Gasteiger partial charge in [-0.3, -0.25) is 9.59 Å². The van der Waals surface area contributed by atoms with E-state index in [1.807, 2.05) is 17.6 Å². The molecular weight excluding hydrogens is 421 g/mol. The van der Waals surface area contributed by atoms with Crippen LogP contribution in [0, 0.1) is 12.7 Å². The summed E-state index contributed by atoms with van der Waals surface area (Å²) in [5.74, 6) is -0.376. The average Bonchev–Trinajstić information content (AvgIpc) is 3.31. The number of amides is 2. The number of rotatable bonds is 5. The molecule has 1 unspecified atom stereocenters. The van der Waals surface area contributed by atoms with Crippen molar-refractivity contribution in [1.29, 1.82) is 0 Å². The Hall–Kier alpha value is -3.55. The molecule has 8 heteroatoms. The van der Waals surface area contributed by atoms with Crippen LogP contribution in [0.1, 0.15) is 70.8 Å². The van der Waals surface area contributed by atoms with Gasteiger partial charge in [0.15, 0.2) is 0 Å². The van der Waals surface area contributed by atoms with Crippen molar-refractivity contribution in [2.45, 2.75) is 45.6 Å². The molecule has 172 valence electrons. The smallest absolute Gasteiger partial charge is 0.258 e. The molecule has 0 bridgehead atoms. The van der Waals surface area contributed by atoms with Crippen LogP contribution in [0.25, 0.3) is 0 Å². The number of aromatic nitrogens is 3. The number of hydrogen-bond acceptors (Lipinski definition) is 4. The number of aryl methyl sites for hydroxylation is 1. The predicted octanol–water partition coefficient (Wildman–Crippen LogP) is 4.58. The lowest BCUT2D eigenvalue weighted by molar-refractivity contribution is 0.0704. The number of nitrogens with zero attached hydrogens (tertiary/aromatic N) is 4. The van der Waals surface area contributed by atoms with Gasteiger partial charge in [0.05, 0.1) is 16.8 Å². The molecule has 1 saturated heterocycles. The largest absolute Gasteiger partial charge is 0.338 e. The topological polar surface area (TPSA) is 80.1 Å². The second-order valence-corrected chi connectivity index (χ2v) is 8.71. The van der Waals surface area contributed by atoms with Gasteiger partial charge >= 0.3 is 0 Å². The number of halogens is 1. The molecule has 0 radical (unpaired) electrons. The number of anilines is 1. The number of carbonyl (C=O) groups excluding carboxylic acids is 2. The maximum atomic E-state index is 14.1. The predicted molar refractivity (Wildman–Crippen MR) is 124 cm³/mol. The maximum Gasteiger partial charge on any atom is 0.258 e. The van der Waals surface area contributed by atoms with Crippen molar-refractivity contribution >= 4 is 17.5 Å². The molecule has 1 aliphatic heterocycles. The van der Waals surface area contributed by atoms with Crippen molar-refractivity contribution in [3.05, 3.63) is 77.1 Å². The Morgan fingerprint density at radius 1 is 1.12 bits per heavy atom. The minimum absolute atomic E-state index is 0.0646. The van der Waals surface area contributed by atoms with Gasteiger partial charge in [0, 0.05) is 25.0 Å². The molecule has 3 aromatic rings. The fourth-order valence-electron chi connectivity index (χ4n) is 4.32. The zero-order chi connectivity index (χ0) is 23.5. The van der Waals surface area contributed by atoms with Crippen molar-refractivity contribution in [2.24, 2.45) is 0 Å². The third kappa shape index (κ3) is 4.65. The first kappa shape index (κ1) is 22.6. The summed E-state index contributed by atoms with van der Waals surface area (Å²) in [6.45, 7) is 7.13. The van der Waals surface area contributed by atoms with Crippen LogP contribution in [0.2, 0.25) is 0 Å². The van der Waals surface area contributed by atoms with Gasteiger partial charge in [-0.05, 0) is 57.4 Å². The second-order valence-electron chi connectivity index (χ2n) is 8.71. The molecule has 1 N–H and O–H groups in total. The van der Waals surface area contributed by atoms with E-state index in [1.54, 1.807) is 29.4 Å². The third-order valence-electron chi connectivity index (χ3n) is 6.09. The molecule has 2 aromatic carbocycles. The lowest BCUT2D eigenvalue weighted by Gasteiger charge is -2.33. The third-order valence-corrected chi connectivity index (χ3v) is 6.09. The fourth-order valence-corrected chi connectivity index (χ4v) is 4.32. The first-order valence-electron chi connectivity index (χ1n) is 11.2. The molecule has 0 saturated carbocycles. The summed E-state index contributed by atoms with van der Waals surface area (Å²) in [5, 5.41) is 11.2. The molecule has 1 aromatic heterocycles. The minimum atomic E-state index is -0.607. The number of piperidine rings is 1. The van der Waals surface area contributed by atoms with Crippen LogP contribution < -0.4 is 5.32 Å². The van der Waals surface area contributed by atoms with Gasteiger partial charge in [-0.25, -0.2) is 4.39 Å². The molecule has 7 nitrogen and oxygen atoms in total. The molecule has 0 spiro atoms. The van der Waals surface area contributed by atoms with E-state index in [-0.39, 0.29) is 23.4 Å². The molecule has 2 heterocycles. The first-order chi connectivity index (χ1) is 15.9. The van der Waals surface area contributed by atoms with Crippen molar-refractivity contribution in [3.8, 4) is 0 Å². The Bertz CT molecular complexity index is 1170. The van der Waals surface area contributed by atoms with Gasteiger partial charge in [0.2, 0.25) is 0 Å². The highest BCUT2D eigenvalue weighted by molar-refractivity contribution is 6.09. The van der Waals surface area contributed by atoms with Crippen LogP contribution in [-0.2, 0) is 0 Å². The second kappa shape index (κ2) is 9.52. The number of benzene rings is 2.